The summed E-state index contributed by atoms with van der Waals surface area (Å²) < 4.78 is 35.4. The molecule has 144 valence electrons. The van der Waals surface area contributed by atoms with Gasteiger partial charge in [0.15, 0.2) is 0 Å². The zero-order valence-electron chi connectivity index (χ0n) is 15.2. The SMILES string of the molecule is CCCCSc1cc(-c2c(F)cc(Cl)cc2F)cc2c1OC1CCNCC21. The van der Waals surface area contributed by atoms with E-state index in [1.165, 1.54) is 12.1 Å². The third-order valence-electron chi connectivity index (χ3n) is 5.22. The Kier molecular flexibility index (Phi) is 5.62. The molecule has 2 heterocycles. The maximum absolute atomic E-state index is 14.5. The number of hydrogen-bond acceptors (Lipinski definition) is 3. The van der Waals surface area contributed by atoms with E-state index in [2.05, 4.69) is 12.2 Å². The molecule has 0 bridgehead atoms. The monoisotopic (exact) mass is 409 g/mol. The zero-order chi connectivity index (χ0) is 19.0. The lowest BCUT2D eigenvalue weighted by Crippen LogP contribution is -2.37. The van der Waals surface area contributed by atoms with Crippen molar-refractivity contribution >= 4 is 23.4 Å². The number of hydrogen-bond donors (Lipinski definition) is 1. The topological polar surface area (TPSA) is 21.3 Å². The van der Waals surface area contributed by atoms with Crippen LogP contribution < -0.4 is 10.1 Å². The quantitative estimate of drug-likeness (QED) is 0.482. The van der Waals surface area contributed by atoms with Gasteiger partial charge in [0.05, 0.1) is 10.5 Å². The molecule has 4 rings (SSSR count). The van der Waals surface area contributed by atoms with Crippen molar-refractivity contribution in [2.24, 2.45) is 0 Å². The summed E-state index contributed by atoms with van der Waals surface area (Å²) in [5.41, 5.74) is 1.58. The van der Waals surface area contributed by atoms with E-state index >= 15 is 0 Å². The van der Waals surface area contributed by atoms with Crippen molar-refractivity contribution in [3.05, 3.63) is 46.5 Å². The average molecular weight is 410 g/mol. The molecule has 0 aromatic heterocycles. The molecule has 2 aliphatic rings. The van der Waals surface area contributed by atoms with E-state index in [1.54, 1.807) is 11.8 Å². The largest absolute Gasteiger partial charge is 0.488 e. The van der Waals surface area contributed by atoms with Crippen molar-refractivity contribution in [2.75, 3.05) is 18.8 Å². The lowest BCUT2D eigenvalue weighted by atomic mass is 9.89. The van der Waals surface area contributed by atoms with Gasteiger partial charge < -0.3 is 10.1 Å². The molecule has 0 radical (unpaired) electrons. The summed E-state index contributed by atoms with van der Waals surface area (Å²) in [6.07, 6.45) is 3.27. The maximum Gasteiger partial charge on any atom is 0.137 e. The second-order valence-corrected chi connectivity index (χ2v) is 8.67. The Morgan fingerprint density at radius 3 is 2.74 bits per heavy atom. The van der Waals surface area contributed by atoms with Crippen LogP contribution in [0.4, 0.5) is 8.78 Å². The van der Waals surface area contributed by atoms with Gasteiger partial charge in [0, 0.05) is 23.0 Å². The van der Waals surface area contributed by atoms with Crippen molar-refractivity contribution in [3.8, 4) is 16.9 Å². The molecule has 0 amide bonds. The molecule has 27 heavy (non-hydrogen) atoms. The minimum absolute atomic E-state index is 0.0215. The Balaban J connectivity index is 1.81. The van der Waals surface area contributed by atoms with E-state index in [0.29, 0.717) is 5.56 Å². The van der Waals surface area contributed by atoms with Gasteiger partial charge >= 0.3 is 0 Å². The van der Waals surface area contributed by atoms with Crippen LogP contribution in [0.5, 0.6) is 5.75 Å². The number of halogens is 3. The van der Waals surface area contributed by atoms with Crippen molar-refractivity contribution in [3.63, 3.8) is 0 Å². The molecule has 6 heteroatoms. The first kappa shape index (κ1) is 19.0. The molecule has 1 saturated heterocycles. The van der Waals surface area contributed by atoms with E-state index < -0.39 is 11.6 Å². The smallest absolute Gasteiger partial charge is 0.137 e. The lowest BCUT2D eigenvalue weighted by molar-refractivity contribution is 0.169. The molecule has 2 aromatic carbocycles. The molecule has 2 aromatic rings. The number of nitrogens with one attached hydrogen (secondary N) is 1. The van der Waals surface area contributed by atoms with Crippen LogP contribution in [0, 0.1) is 11.6 Å². The van der Waals surface area contributed by atoms with Crippen LogP contribution in [-0.2, 0) is 0 Å². The number of ether oxygens (including phenoxy) is 1. The van der Waals surface area contributed by atoms with E-state index in [1.807, 2.05) is 12.1 Å². The molecular weight excluding hydrogens is 388 g/mol. The predicted molar refractivity (Wildman–Crippen MR) is 107 cm³/mol. The Labute approximate surface area is 167 Å². The van der Waals surface area contributed by atoms with Crippen LogP contribution in [-0.4, -0.2) is 24.9 Å². The highest BCUT2D eigenvalue weighted by Gasteiger charge is 2.38. The van der Waals surface area contributed by atoms with Gasteiger partial charge in [-0.3, -0.25) is 0 Å². The molecule has 0 aliphatic carbocycles. The molecule has 1 N–H and O–H groups in total. The molecule has 1 fully saturated rings. The summed E-state index contributed by atoms with van der Waals surface area (Å²) in [4.78, 5) is 0.971. The highest BCUT2D eigenvalue weighted by Crippen LogP contribution is 2.48. The number of thioether (sulfide) groups is 1. The number of rotatable bonds is 5. The van der Waals surface area contributed by atoms with E-state index in [9.17, 15) is 8.78 Å². The third-order valence-corrected chi connectivity index (χ3v) is 6.55. The molecule has 0 spiro atoms. The zero-order valence-corrected chi connectivity index (χ0v) is 16.7. The van der Waals surface area contributed by atoms with Crippen LogP contribution in [0.1, 0.15) is 37.7 Å². The fourth-order valence-corrected chi connectivity index (χ4v) is 5.21. The second kappa shape index (κ2) is 7.98. The van der Waals surface area contributed by atoms with Gasteiger partial charge in [-0.2, -0.15) is 0 Å². The van der Waals surface area contributed by atoms with Crippen LogP contribution in [0.2, 0.25) is 5.02 Å². The maximum atomic E-state index is 14.5. The van der Waals surface area contributed by atoms with Gasteiger partial charge in [-0.05, 0) is 55.0 Å². The summed E-state index contributed by atoms with van der Waals surface area (Å²) in [5, 5.41) is 3.47. The first-order valence-electron chi connectivity index (χ1n) is 9.41. The molecule has 2 nitrogen and oxygen atoms in total. The lowest BCUT2D eigenvalue weighted by Gasteiger charge is -2.24. The van der Waals surface area contributed by atoms with Crippen molar-refractivity contribution in [1.29, 1.82) is 0 Å². The number of piperidine rings is 1. The highest BCUT2D eigenvalue weighted by molar-refractivity contribution is 7.99. The summed E-state index contributed by atoms with van der Waals surface area (Å²) in [5.74, 6) is 0.795. The third kappa shape index (κ3) is 3.69. The fraction of sp³-hybridized carbons (Fsp3) is 0.429. The van der Waals surface area contributed by atoms with Crippen LogP contribution in [0.25, 0.3) is 11.1 Å². The van der Waals surface area contributed by atoms with Crippen molar-refractivity contribution in [1.82, 2.24) is 5.32 Å². The summed E-state index contributed by atoms with van der Waals surface area (Å²) >= 11 is 7.50. The normalized spacial score (nSPS) is 20.9. The standard InChI is InChI=1S/C21H22ClF2NOS/c1-2-3-6-27-19-8-12(20-16(23)9-13(22)10-17(20)24)7-14-15-11-25-5-4-18(15)26-21(14)19/h7-10,15,18,25H,2-6,11H2,1H3. The minimum atomic E-state index is -0.637. The van der Waals surface area contributed by atoms with E-state index in [4.69, 9.17) is 16.3 Å². The van der Waals surface area contributed by atoms with Gasteiger partial charge in [-0.25, -0.2) is 8.78 Å². The fourth-order valence-electron chi connectivity index (χ4n) is 3.86. The van der Waals surface area contributed by atoms with Crippen LogP contribution in [0.3, 0.4) is 0 Å². The van der Waals surface area contributed by atoms with Gasteiger partial charge in [-0.1, -0.05) is 24.9 Å². The highest BCUT2D eigenvalue weighted by atomic mass is 35.5. The molecule has 0 saturated carbocycles. The van der Waals surface area contributed by atoms with Gasteiger partial charge in [0.25, 0.3) is 0 Å². The van der Waals surface area contributed by atoms with Gasteiger partial charge in [0.1, 0.15) is 23.5 Å². The Hall–Kier alpha value is -1.30. The van der Waals surface area contributed by atoms with E-state index in [-0.39, 0.29) is 22.6 Å². The van der Waals surface area contributed by atoms with Crippen molar-refractivity contribution in [2.45, 2.75) is 43.1 Å². The summed E-state index contributed by atoms with van der Waals surface area (Å²) in [6.45, 7) is 3.91. The average Bonchev–Trinajstić information content (AvgIpc) is 3.00. The van der Waals surface area contributed by atoms with E-state index in [0.717, 1.165) is 54.3 Å². The Morgan fingerprint density at radius 1 is 1.22 bits per heavy atom. The first-order chi connectivity index (χ1) is 13.1. The second-order valence-electron chi connectivity index (χ2n) is 7.09. The minimum Gasteiger partial charge on any atom is -0.488 e. The molecule has 2 unspecified atom stereocenters. The molecular formula is C21H22ClF2NOS. The van der Waals surface area contributed by atoms with Gasteiger partial charge in [-0.15, -0.1) is 11.8 Å². The Morgan fingerprint density at radius 2 is 2.00 bits per heavy atom. The molecule has 2 atom stereocenters. The predicted octanol–water partition coefficient (Wildman–Crippen LogP) is 6.02. The van der Waals surface area contributed by atoms with Gasteiger partial charge in [0.2, 0.25) is 0 Å². The first-order valence-corrected chi connectivity index (χ1v) is 10.8. The van der Waals surface area contributed by atoms with Crippen LogP contribution >= 0.6 is 23.4 Å². The number of benzene rings is 2. The number of unbranched alkanes of at least 4 members (excludes halogenated alkanes) is 1. The summed E-state index contributed by atoms with van der Waals surface area (Å²) in [6, 6.07) is 6.09. The number of fused-ring (bicyclic) bond motifs is 3. The van der Waals surface area contributed by atoms with Crippen molar-refractivity contribution < 1.29 is 13.5 Å². The summed E-state index contributed by atoms with van der Waals surface area (Å²) in [7, 11) is 0. The van der Waals surface area contributed by atoms with Crippen LogP contribution in [0.15, 0.2) is 29.2 Å². The molecule has 2 aliphatic heterocycles. The Bertz CT molecular complexity index is 837.